The van der Waals surface area contributed by atoms with Gasteiger partial charge in [-0.3, -0.25) is 0 Å². The summed E-state index contributed by atoms with van der Waals surface area (Å²) in [6.07, 6.45) is 1.53. The summed E-state index contributed by atoms with van der Waals surface area (Å²) in [7, 11) is 0. The molecule has 0 amide bonds. The van der Waals surface area contributed by atoms with Gasteiger partial charge in [0.25, 0.3) is 0 Å². The highest BCUT2D eigenvalue weighted by Gasteiger charge is 2.11. The molecule has 0 radical (unpaired) electrons. The van der Waals surface area contributed by atoms with E-state index in [4.69, 9.17) is 62.7 Å². The third-order valence-electron chi connectivity index (χ3n) is 2.23. The Bertz CT molecular complexity index is 594. The van der Waals surface area contributed by atoms with Crippen molar-refractivity contribution in [3.05, 3.63) is 55.2 Å². The Labute approximate surface area is 135 Å². The number of pyridine rings is 1. The number of rotatable bonds is 3. The molecule has 0 aliphatic carbocycles. The lowest BCUT2D eigenvalue weighted by Gasteiger charge is -2.11. The van der Waals surface area contributed by atoms with Gasteiger partial charge in [-0.25, -0.2) is 4.98 Å². The first-order valence-corrected chi connectivity index (χ1v) is 6.93. The predicted molar refractivity (Wildman–Crippen MR) is 80.1 cm³/mol. The summed E-state index contributed by atoms with van der Waals surface area (Å²) in [6.45, 7) is 0.171. The summed E-state index contributed by atoms with van der Waals surface area (Å²) in [5.41, 5.74) is 0.674. The molecule has 2 nitrogen and oxygen atoms in total. The second-order valence-corrected chi connectivity index (χ2v) is 5.63. The van der Waals surface area contributed by atoms with Gasteiger partial charge in [-0.15, -0.1) is 0 Å². The van der Waals surface area contributed by atoms with E-state index in [1.54, 1.807) is 12.1 Å². The van der Waals surface area contributed by atoms with E-state index < -0.39 is 0 Å². The van der Waals surface area contributed by atoms with Crippen molar-refractivity contribution < 1.29 is 4.74 Å². The van der Waals surface area contributed by atoms with Gasteiger partial charge in [0.2, 0.25) is 0 Å². The van der Waals surface area contributed by atoms with E-state index in [0.29, 0.717) is 36.6 Å². The van der Waals surface area contributed by atoms with Crippen molar-refractivity contribution in [2.75, 3.05) is 0 Å². The molecule has 0 aliphatic heterocycles. The van der Waals surface area contributed by atoms with Gasteiger partial charge in [-0.05, 0) is 18.2 Å². The Hall–Kier alpha value is -0.380. The number of nitrogens with zero attached hydrogens (tertiary/aromatic N) is 1. The van der Waals surface area contributed by atoms with E-state index in [-0.39, 0.29) is 6.61 Å². The largest absolute Gasteiger partial charge is 0.486 e. The van der Waals surface area contributed by atoms with Crippen LogP contribution in [0, 0.1) is 0 Å². The molecule has 2 rings (SSSR count). The van der Waals surface area contributed by atoms with Crippen LogP contribution in [0.2, 0.25) is 25.2 Å². The van der Waals surface area contributed by atoms with E-state index in [9.17, 15) is 0 Å². The number of benzene rings is 1. The quantitative estimate of drug-likeness (QED) is 0.635. The van der Waals surface area contributed by atoms with Crippen molar-refractivity contribution in [1.29, 1.82) is 0 Å². The molecule has 0 atom stereocenters. The number of aromatic nitrogens is 1. The first-order valence-electron chi connectivity index (χ1n) is 5.04. The second-order valence-electron chi connectivity index (χ2n) is 3.59. The molecule has 0 unspecified atom stereocenters. The molecule has 1 aromatic heterocycles. The number of ether oxygens (including phenoxy) is 1. The molecule has 0 saturated carbocycles. The minimum Gasteiger partial charge on any atom is -0.486 e. The fraction of sp³-hybridized carbons (Fsp3) is 0.0833. The summed E-state index contributed by atoms with van der Waals surface area (Å²) >= 11 is 29.5. The van der Waals surface area contributed by atoms with Crippen LogP contribution in [-0.2, 0) is 6.61 Å². The van der Waals surface area contributed by atoms with Crippen LogP contribution in [0.5, 0.6) is 5.75 Å². The fourth-order valence-corrected chi connectivity index (χ4v) is 2.71. The highest BCUT2D eigenvalue weighted by atomic mass is 35.5. The molecule has 0 bridgehead atoms. The molecule has 100 valence electrons. The molecule has 0 spiro atoms. The summed E-state index contributed by atoms with van der Waals surface area (Å²) in [5.74, 6) is 0.346. The highest BCUT2D eigenvalue weighted by molar-refractivity contribution is 6.40. The topological polar surface area (TPSA) is 22.1 Å². The normalized spacial score (nSPS) is 10.6. The van der Waals surface area contributed by atoms with Gasteiger partial charge < -0.3 is 4.74 Å². The Morgan fingerprint density at radius 3 is 2.11 bits per heavy atom. The average molecular weight is 357 g/mol. The highest BCUT2D eigenvalue weighted by Crippen LogP contribution is 2.36. The molecule has 19 heavy (non-hydrogen) atoms. The van der Waals surface area contributed by atoms with Gasteiger partial charge in [-0.2, -0.15) is 0 Å². The van der Waals surface area contributed by atoms with Crippen molar-refractivity contribution in [3.8, 4) is 5.75 Å². The summed E-state index contributed by atoms with van der Waals surface area (Å²) < 4.78 is 5.54. The smallest absolute Gasteiger partial charge is 0.157 e. The van der Waals surface area contributed by atoms with Gasteiger partial charge in [0, 0.05) is 16.8 Å². The van der Waals surface area contributed by atoms with Crippen LogP contribution < -0.4 is 4.74 Å². The molecule has 0 N–H and O–H groups in total. The monoisotopic (exact) mass is 355 g/mol. The van der Waals surface area contributed by atoms with Gasteiger partial charge in [0.05, 0.1) is 15.1 Å². The van der Waals surface area contributed by atoms with Crippen LogP contribution in [0.25, 0.3) is 0 Å². The molecule has 2 aromatic rings. The molecule has 0 fully saturated rings. The summed E-state index contributed by atoms with van der Waals surface area (Å²) in [5, 5.41) is 1.87. The lowest BCUT2D eigenvalue weighted by molar-refractivity contribution is 0.306. The van der Waals surface area contributed by atoms with Crippen LogP contribution in [0.15, 0.2) is 24.4 Å². The third-order valence-corrected chi connectivity index (χ3v) is 3.57. The van der Waals surface area contributed by atoms with E-state index in [2.05, 4.69) is 4.98 Å². The SMILES string of the molecule is Clc1cc(Cl)c(OCc2cnc(Cl)cc2Cl)c(Cl)c1. The zero-order chi connectivity index (χ0) is 14.0. The minimum atomic E-state index is 0.171. The fourth-order valence-electron chi connectivity index (χ4n) is 1.36. The maximum absolute atomic E-state index is 6.01. The van der Waals surface area contributed by atoms with E-state index >= 15 is 0 Å². The maximum atomic E-state index is 6.01. The van der Waals surface area contributed by atoms with Crippen LogP contribution in [0.1, 0.15) is 5.56 Å². The van der Waals surface area contributed by atoms with Crippen molar-refractivity contribution >= 4 is 58.0 Å². The minimum absolute atomic E-state index is 0.171. The van der Waals surface area contributed by atoms with Gasteiger partial charge >= 0.3 is 0 Å². The Morgan fingerprint density at radius 2 is 1.53 bits per heavy atom. The number of halogens is 5. The molecule has 7 heteroatoms. The van der Waals surface area contributed by atoms with Crippen molar-refractivity contribution in [2.24, 2.45) is 0 Å². The third kappa shape index (κ3) is 3.80. The van der Waals surface area contributed by atoms with Crippen LogP contribution in [-0.4, -0.2) is 4.98 Å². The van der Waals surface area contributed by atoms with Crippen LogP contribution >= 0.6 is 58.0 Å². The van der Waals surface area contributed by atoms with Gasteiger partial charge in [-0.1, -0.05) is 58.0 Å². The molecular formula is C12H6Cl5NO. The predicted octanol–water partition coefficient (Wildman–Crippen LogP) is 5.93. The van der Waals surface area contributed by atoms with Crippen LogP contribution in [0.3, 0.4) is 0 Å². The van der Waals surface area contributed by atoms with E-state index in [1.165, 1.54) is 12.3 Å². The number of hydrogen-bond donors (Lipinski definition) is 0. The molecule has 1 aromatic carbocycles. The standard InChI is InChI=1S/C12H6Cl5NO/c13-7-1-9(15)12(10(16)2-7)19-5-6-4-18-11(17)3-8(6)14/h1-4H,5H2. The molecular weight excluding hydrogens is 351 g/mol. The Morgan fingerprint density at radius 1 is 0.895 bits per heavy atom. The van der Waals surface area contributed by atoms with Crippen molar-refractivity contribution in [1.82, 2.24) is 4.98 Å². The lowest BCUT2D eigenvalue weighted by atomic mass is 10.3. The van der Waals surface area contributed by atoms with Gasteiger partial charge in [0.15, 0.2) is 5.75 Å². The van der Waals surface area contributed by atoms with Gasteiger partial charge in [0.1, 0.15) is 11.8 Å². The first kappa shape index (κ1) is 15.0. The van der Waals surface area contributed by atoms with Crippen LogP contribution in [0.4, 0.5) is 0 Å². The van der Waals surface area contributed by atoms with E-state index in [1.807, 2.05) is 0 Å². The zero-order valence-electron chi connectivity index (χ0n) is 9.26. The average Bonchev–Trinajstić information content (AvgIpc) is 2.30. The number of hydrogen-bond acceptors (Lipinski definition) is 2. The molecule has 0 saturated heterocycles. The molecule has 0 aliphatic rings. The Kier molecular flexibility index (Phi) is 5.04. The lowest BCUT2D eigenvalue weighted by Crippen LogP contribution is -1.98. The second kappa shape index (κ2) is 6.38. The van der Waals surface area contributed by atoms with Crippen molar-refractivity contribution in [3.63, 3.8) is 0 Å². The summed E-state index contributed by atoms with van der Waals surface area (Å²) in [4.78, 5) is 3.93. The summed E-state index contributed by atoms with van der Waals surface area (Å²) in [6, 6.07) is 4.63. The first-order chi connectivity index (χ1) is 8.97. The maximum Gasteiger partial charge on any atom is 0.157 e. The molecule has 1 heterocycles. The van der Waals surface area contributed by atoms with Crippen molar-refractivity contribution in [2.45, 2.75) is 6.61 Å². The van der Waals surface area contributed by atoms with E-state index in [0.717, 1.165) is 0 Å². The zero-order valence-corrected chi connectivity index (χ0v) is 13.0. The Balaban J connectivity index is 2.19.